The minimum atomic E-state index is -0.766. The van der Waals surface area contributed by atoms with Crippen LogP contribution < -0.4 is 5.73 Å². The summed E-state index contributed by atoms with van der Waals surface area (Å²) in [6, 6.07) is -0.440. The lowest BCUT2D eigenvalue weighted by molar-refractivity contribution is -0.143. The summed E-state index contributed by atoms with van der Waals surface area (Å²) in [4.78, 5) is 15.2. The summed E-state index contributed by atoms with van der Waals surface area (Å²) in [7, 11) is 3.98. The SMILES string of the molecule is CCCN(CCN(C)C)C(CCN)C(=O)O. The lowest BCUT2D eigenvalue weighted by Crippen LogP contribution is -2.45. The van der Waals surface area contributed by atoms with Crippen molar-refractivity contribution in [1.29, 1.82) is 0 Å². The van der Waals surface area contributed by atoms with E-state index in [1.54, 1.807) is 0 Å². The highest BCUT2D eigenvalue weighted by atomic mass is 16.4. The highest BCUT2D eigenvalue weighted by molar-refractivity contribution is 5.73. The van der Waals surface area contributed by atoms with Gasteiger partial charge in [0.1, 0.15) is 6.04 Å². The zero-order valence-electron chi connectivity index (χ0n) is 10.6. The van der Waals surface area contributed by atoms with Crippen molar-refractivity contribution in [2.24, 2.45) is 5.73 Å². The van der Waals surface area contributed by atoms with Crippen molar-refractivity contribution in [1.82, 2.24) is 9.80 Å². The van der Waals surface area contributed by atoms with Gasteiger partial charge in [-0.25, -0.2) is 0 Å². The molecule has 0 aliphatic rings. The molecule has 0 saturated carbocycles. The second kappa shape index (κ2) is 8.50. The van der Waals surface area contributed by atoms with Crippen LogP contribution in [-0.4, -0.2) is 67.2 Å². The first-order chi connectivity index (χ1) is 7.52. The van der Waals surface area contributed by atoms with Gasteiger partial charge in [-0.3, -0.25) is 9.69 Å². The molecule has 0 aliphatic heterocycles. The first-order valence-corrected chi connectivity index (χ1v) is 5.84. The molecule has 0 aromatic heterocycles. The van der Waals surface area contributed by atoms with E-state index in [9.17, 15) is 4.79 Å². The molecule has 5 nitrogen and oxygen atoms in total. The van der Waals surface area contributed by atoms with Crippen molar-refractivity contribution < 1.29 is 9.90 Å². The Hall–Kier alpha value is -0.650. The number of nitrogens with two attached hydrogens (primary N) is 1. The molecule has 0 amide bonds. The molecule has 0 saturated heterocycles. The van der Waals surface area contributed by atoms with Gasteiger partial charge in [-0.2, -0.15) is 0 Å². The lowest BCUT2D eigenvalue weighted by Gasteiger charge is -2.29. The number of hydrogen-bond acceptors (Lipinski definition) is 4. The van der Waals surface area contributed by atoms with E-state index < -0.39 is 12.0 Å². The van der Waals surface area contributed by atoms with Crippen molar-refractivity contribution in [2.75, 3.05) is 40.3 Å². The molecule has 0 radical (unpaired) electrons. The van der Waals surface area contributed by atoms with Crippen LogP contribution in [0.15, 0.2) is 0 Å². The fourth-order valence-electron chi connectivity index (χ4n) is 1.66. The standard InChI is InChI=1S/C11H25N3O2/c1-4-7-14(9-8-13(2)3)10(5-6-12)11(15)16/h10H,4-9,12H2,1-3H3,(H,15,16). The Labute approximate surface area is 98.2 Å². The summed E-state index contributed by atoms with van der Waals surface area (Å²) >= 11 is 0. The molecule has 5 heteroatoms. The predicted molar refractivity (Wildman–Crippen MR) is 65.5 cm³/mol. The number of hydrogen-bond donors (Lipinski definition) is 2. The molecule has 0 rings (SSSR count). The van der Waals surface area contributed by atoms with E-state index in [0.29, 0.717) is 13.0 Å². The topological polar surface area (TPSA) is 69.8 Å². The van der Waals surface area contributed by atoms with Crippen LogP contribution in [0.1, 0.15) is 19.8 Å². The zero-order chi connectivity index (χ0) is 12.6. The maximum Gasteiger partial charge on any atom is 0.320 e. The van der Waals surface area contributed by atoms with E-state index in [1.807, 2.05) is 19.0 Å². The van der Waals surface area contributed by atoms with E-state index in [0.717, 1.165) is 26.1 Å². The predicted octanol–water partition coefficient (Wildman–Crippen LogP) is 0.0620. The summed E-state index contributed by atoms with van der Waals surface area (Å²) in [5.74, 6) is -0.766. The van der Waals surface area contributed by atoms with Crippen LogP contribution in [0.3, 0.4) is 0 Å². The summed E-state index contributed by atoms with van der Waals surface area (Å²) < 4.78 is 0. The van der Waals surface area contributed by atoms with Crippen molar-refractivity contribution in [3.63, 3.8) is 0 Å². The Morgan fingerprint density at radius 3 is 2.31 bits per heavy atom. The quantitative estimate of drug-likeness (QED) is 0.587. The number of rotatable bonds is 9. The lowest BCUT2D eigenvalue weighted by atomic mass is 10.1. The maximum atomic E-state index is 11.1. The summed E-state index contributed by atoms with van der Waals surface area (Å²) in [5.41, 5.74) is 5.46. The molecule has 0 aromatic rings. The van der Waals surface area contributed by atoms with Crippen LogP contribution in [0.25, 0.3) is 0 Å². The van der Waals surface area contributed by atoms with E-state index in [4.69, 9.17) is 10.8 Å². The molecule has 0 spiro atoms. The first-order valence-electron chi connectivity index (χ1n) is 5.84. The van der Waals surface area contributed by atoms with Gasteiger partial charge >= 0.3 is 5.97 Å². The largest absolute Gasteiger partial charge is 0.480 e. The fraction of sp³-hybridized carbons (Fsp3) is 0.909. The van der Waals surface area contributed by atoms with E-state index in [-0.39, 0.29) is 0 Å². The molecule has 0 aromatic carbocycles. The van der Waals surface area contributed by atoms with Crippen LogP contribution in [0.5, 0.6) is 0 Å². The molecule has 96 valence electrons. The van der Waals surface area contributed by atoms with Crippen LogP contribution in [-0.2, 0) is 4.79 Å². The van der Waals surface area contributed by atoms with Gasteiger partial charge in [-0.15, -0.1) is 0 Å². The van der Waals surface area contributed by atoms with Crippen molar-refractivity contribution in [2.45, 2.75) is 25.8 Å². The number of likely N-dealkylation sites (N-methyl/N-ethyl adjacent to an activating group) is 1. The Bertz CT molecular complexity index is 198. The molecule has 0 heterocycles. The van der Waals surface area contributed by atoms with Gasteiger partial charge in [0.25, 0.3) is 0 Å². The van der Waals surface area contributed by atoms with Crippen LogP contribution in [0, 0.1) is 0 Å². The van der Waals surface area contributed by atoms with Gasteiger partial charge in [-0.05, 0) is 40.0 Å². The monoisotopic (exact) mass is 231 g/mol. The molecular formula is C11H25N3O2. The Morgan fingerprint density at radius 1 is 1.31 bits per heavy atom. The highest BCUT2D eigenvalue weighted by Gasteiger charge is 2.23. The van der Waals surface area contributed by atoms with Gasteiger partial charge in [0.2, 0.25) is 0 Å². The van der Waals surface area contributed by atoms with Gasteiger partial charge in [0.05, 0.1) is 0 Å². The third kappa shape index (κ3) is 6.05. The fourth-order valence-corrected chi connectivity index (χ4v) is 1.66. The Morgan fingerprint density at radius 2 is 1.94 bits per heavy atom. The normalized spacial score (nSPS) is 13.4. The number of aliphatic carboxylic acids is 1. The average molecular weight is 231 g/mol. The second-order valence-electron chi connectivity index (χ2n) is 4.27. The van der Waals surface area contributed by atoms with Gasteiger partial charge < -0.3 is 15.7 Å². The maximum absolute atomic E-state index is 11.1. The molecule has 0 aliphatic carbocycles. The van der Waals surface area contributed by atoms with Crippen molar-refractivity contribution in [3.05, 3.63) is 0 Å². The second-order valence-corrected chi connectivity index (χ2v) is 4.27. The van der Waals surface area contributed by atoms with E-state index in [1.165, 1.54) is 0 Å². The zero-order valence-corrected chi connectivity index (χ0v) is 10.6. The third-order valence-corrected chi connectivity index (χ3v) is 2.51. The number of carboxylic acid groups (broad SMARTS) is 1. The highest BCUT2D eigenvalue weighted by Crippen LogP contribution is 2.05. The van der Waals surface area contributed by atoms with E-state index >= 15 is 0 Å². The Kier molecular flexibility index (Phi) is 8.15. The minimum Gasteiger partial charge on any atom is -0.480 e. The molecule has 1 unspecified atom stereocenters. The molecule has 16 heavy (non-hydrogen) atoms. The molecule has 1 atom stereocenters. The van der Waals surface area contributed by atoms with E-state index in [2.05, 4.69) is 11.8 Å². The van der Waals surface area contributed by atoms with Gasteiger partial charge in [-0.1, -0.05) is 6.92 Å². The third-order valence-electron chi connectivity index (χ3n) is 2.51. The average Bonchev–Trinajstić information content (AvgIpc) is 2.20. The summed E-state index contributed by atoms with van der Waals surface area (Å²) in [5, 5.41) is 9.16. The van der Waals surface area contributed by atoms with Gasteiger partial charge in [0, 0.05) is 13.1 Å². The number of nitrogens with zero attached hydrogens (tertiary/aromatic N) is 2. The van der Waals surface area contributed by atoms with Gasteiger partial charge in [0.15, 0.2) is 0 Å². The number of carbonyl (C=O) groups is 1. The summed E-state index contributed by atoms with van der Waals surface area (Å²) in [6.07, 6.45) is 1.48. The van der Waals surface area contributed by atoms with Crippen LogP contribution in [0.2, 0.25) is 0 Å². The number of carboxylic acids is 1. The molecule has 0 bridgehead atoms. The van der Waals surface area contributed by atoms with Crippen LogP contribution in [0.4, 0.5) is 0 Å². The smallest absolute Gasteiger partial charge is 0.320 e. The van der Waals surface area contributed by atoms with Crippen LogP contribution >= 0.6 is 0 Å². The Balaban J connectivity index is 4.37. The molecule has 0 fully saturated rings. The summed E-state index contributed by atoms with van der Waals surface area (Å²) in [6.45, 7) is 4.93. The first kappa shape index (κ1) is 15.3. The molecular weight excluding hydrogens is 206 g/mol. The molecule has 3 N–H and O–H groups in total. The minimum absolute atomic E-state index is 0.416. The van der Waals surface area contributed by atoms with Crippen molar-refractivity contribution in [3.8, 4) is 0 Å². The van der Waals surface area contributed by atoms with Crippen molar-refractivity contribution >= 4 is 5.97 Å².